The monoisotopic (exact) mass is 255 g/mol. The number of benzene rings is 1. The molecule has 1 aromatic rings. The van der Waals surface area contributed by atoms with Crippen molar-refractivity contribution in [2.75, 3.05) is 17.9 Å². The predicted molar refractivity (Wildman–Crippen MR) is 63.0 cm³/mol. The molecule has 0 aromatic heterocycles. The number of nitrogens with one attached hydrogen (secondary N) is 1. The van der Waals surface area contributed by atoms with Crippen molar-refractivity contribution in [3.8, 4) is 11.5 Å². The van der Waals surface area contributed by atoms with Gasteiger partial charge in [0.25, 0.3) is 0 Å². The second-order valence-electron chi connectivity index (χ2n) is 4.20. The fourth-order valence-electron chi connectivity index (χ4n) is 1.73. The molecule has 5 nitrogen and oxygen atoms in total. The SMILES string of the molecule is O=S(=O)(Nc1ccc2c(c1)OCCO2)C1CC1. The Hall–Kier alpha value is -1.43. The number of ether oxygens (including phenoxy) is 2. The number of hydrogen-bond donors (Lipinski definition) is 1. The quantitative estimate of drug-likeness (QED) is 0.885. The van der Waals surface area contributed by atoms with Gasteiger partial charge in [-0.1, -0.05) is 0 Å². The summed E-state index contributed by atoms with van der Waals surface area (Å²) in [5.74, 6) is 1.25. The van der Waals surface area contributed by atoms with Crippen LogP contribution in [0.1, 0.15) is 12.8 Å². The third-order valence-corrected chi connectivity index (χ3v) is 4.63. The van der Waals surface area contributed by atoms with Crippen molar-refractivity contribution in [3.05, 3.63) is 18.2 Å². The average molecular weight is 255 g/mol. The lowest BCUT2D eigenvalue weighted by molar-refractivity contribution is 0.171. The van der Waals surface area contributed by atoms with Crippen molar-refractivity contribution in [3.63, 3.8) is 0 Å². The molecule has 0 bridgehead atoms. The van der Waals surface area contributed by atoms with E-state index >= 15 is 0 Å². The minimum atomic E-state index is -3.21. The molecule has 0 unspecified atom stereocenters. The van der Waals surface area contributed by atoms with Gasteiger partial charge in [-0.3, -0.25) is 4.72 Å². The maximum Gasteiger partial charge on any atom is 0.235 e. The Morgan fingerprint density at radius 2 is 1.82 bits per heavy atom. The molecule has 92 valence electrons. The molecule has 3 rings (SSSR count). The zero-order chi connectivity index (χ0) is 11.9. The first-order valence-corrected chi connectivity index (χ1v) is 7.11. The van der Waals surface area contributed by atoms with Gasteiger partial charge in [-0.05, 0) is 25.0 Å². The van der Waals surface area contributed by atoms with Crippen molar-refractivity contribution in [2.45, 2.75) is 18.1 Å². The summed E-state index contributed by atoms with van der Waals surface area (Å²) in [5.41, 5.74) is 0.529. The van der Waals surface area contributed by atoms with E-state index in [1.165, 1.54) is 0 Å². The van der Waals surface area contributed by atoms with E-state index in [-0.39, 0.29) is 5.25 Å². The van der Waals surface area contributed by atoms with Gasteiger partial charge in [-0.15, -0.1) is 0 Å². The first-order valence-electron chi connectivity index (χ1n) is 5.56. The van der Waals surface area contributed by atoms with Gasteiger partial charge in [0, 0.05) is 6.07 Å². The van der Waals surface area contributed by atoms with Crippen LogP contribution in [0.4, 0.5) is 5.69 Å². The van der Waals surface area contributed by atoms with E-state index in [0.717, 1.165) is 12.8 Å². The van der Waals surface area contributed by atoms with Crippen LogP contribution < -0.4 is 14.2 Å². The molecule has 0 radical (unpaired) electrons. The Bertz CT molecular complexity index is 536. The molecule has 1 saturated carbocycles. The summed E-state index contributed by atoms with van der Waals surface area (Å²) in [7, 11) is -3.21. The summed E-state index contributed by atoms with van der Waals surface area (Å²) in [4.78, 5) is 0. The largest absolute Gasteiger partial charge is 0.486 e. The van der Waals surface area contributed by atoms with Crippen molar-refractivity contribution < 1.29 is 17.9 Å². The third-order valence-electron chi connectivity index (χ3n) is 2.77. The van der Waals surface area contributed by atoms with E-state index < -0.39 is 10.0 Å². The van der Waals surface area contributed by atoms with Crippen LogP contribution in [-0.2, 0) is 10.0 Å². The van der Waals surface area contributed by atoms with Crippen LogP contribution in [0, 0.1) is 0 Å². The summed E-state index contributed by atoms with van der Waals surface area (Å²) < 4.78 is 36.8. The summed E-state index contributed by atoms with van der Waals surface area (Å²) >= 11 is 0. The first kappa shape index (κ1) is 10.7. The van der Waals surface area contributed by atoms with E-state index in [2.05, 4.69) is 4.72 Å². The summed E-state index contributed by atoms with van der Waals surface area (Å²) in [6, 6.07) is 5.07. The van der Waals surface area contributed by atoms with Gasteiger partial charge in [-0.25, -0.2) is 8.42 Å². The van der Waals surface area contributed by atoms with Gasteiger partial charge in [-0.2, -0.15) is 0 Å². The number of rotatable bonds is 3. The van der Waals surface area contributed by atoms with Crippen molar-refractivity contribution in [1.29, 1.82) is 0 Å². The van der Waals surface area contributed by atoms with Crippen LogP contribution in [0.25, 0.3) is 0 Å². The Morgan fingerprint density at radius 3 is 2.53 bits per heavy atom. The van der Waals surface area contributed by atoms with Crippen LogP contribution >= 0.6 is 0 Å². The highest BCUT2D eigenvalue weighted by atomic mass is 32.2. The van der Waals surface area contributed by atoms with E-state index in [1.807, 2.05) is 0 Å². The van der Waals surface area contributed by atoms with Crippen molar-refractivity contribution in [1.82, 2.24) is 0 Å². The maximum atomic E-state index is 11.7. The molecular weight excluding hydrogens is 242 g/mol. The van der Waals surface area contributed by atoms with E-state index in [1.54, 1.807) is 18.2 Å². The Morgan fingerprint density at radius 1 is 1.12 bits per heavy atom. The van der Waals surface area contributed by atoms with Gasteiger partial charge in [0.05, 0.1) is 10.9 Å². The number of sulfonamides is 1. The van der Waals surface area contributed by atoms with Crippen LogP contribution in [0.3, 0.4) is 0 Å². The molecule has 1 fully saturated rings. The van der Waals surface area contributed by atoms with Gasteiger partial charge < -0.3 is 9.47 Å². The molecule has 17 heavy (non-hydrogen) atoms. The topological polar surface area (TPSA) is 64.6 Å². The summed E-state index contributed by atoms with van der Waals surface area (Å²) in [5, 5.41) is -0.226. The van der Waals surface area contributed by atoms with Gasteiger partial charge >= 0.3 is 0 Å². The number of anilines is 1. The van der Waals surface area contributed by atoms with E-state index in [4.69, 9.17) is 9.47 Å². The zero-order valence-corrected chi connectivity index (χ0v) is 10.00. The molecule has 0 spiro atoms. The molecule has 1 N–H and O–H groups in total. The maximum absolute atomic E-state index is 11.7. The molecule has 1 heterocycles. The number of hydrogen-bond acceptors (Lipinski definition) is 4. The lowest BCUT2D eigenvalue weighted by Crippen LogP contribution is -2.18. The second kappa shape index (κ2) is 3.80. The predicted octanol–water partition coefficient (Wildman–Crippen LogP) is 1.36. The lowest BCUT2D eigenvalue weighted by atomic mass is 10.3. The molecule has 1 aliphatic carbocycles. The fourth-order valence-corrected chi connectivity index (χ4v) is 3.11. The van der Waals surface area contributed by atoms with Crippen LogP contribution in [0.15, 0.2) is 18.2 Å². The molecule has 2 aliphatic rings. The lowest BCUT2D eigenvalue weighted by Gasteiger charge is -2.19. The van der Waals surface area contributed by atoms with Gasteiger partial charge in [0.1, 0.15) is 13.2 Å². The highest BCUT2D eigenvalue weighted by Crippen LogP contribution is 2.35. The van der Waals surface area contributed by atoms with Crippen LogP contribution in [0.2, 0.25) is 0 Å². The van der Waals surface area contributed by atoms with Gasteiger partial charge in [0.15, 0.2) is 11.5 Å². The van der Waals surface area contributed by atoms with Gasteiger partial charge in [0.2, 0.25) is 10.0 Å². The van der Waals surface area contributed by atoms with Crippen LogP contribution in [0.5, 0.6) is 11.5 Å². The molecule has 1 aromatic carbocycles. The Balaban J connectivity index is 1.84. The normalized spacial score (nSPS) is 18.8. The van der Waals surface area contributed by atoms with E-state index in [0.29, 0.717) is 30.4 Å². The summed E-state index contributed by atoms with van der Waals surface area (Å²) in [6.45, 7) is 1.02. The Labute approximate surface area is 99.8 Å². The highest BCUT2D eigenvalue weighted by Gasteiger charge is 2.35. The second-order valence-corrected chi connectivity index (χ2v) is 6.17. The highest BCUT2D eigenvalue weighted by molar-refractivity contribution is 7.93. The minimum absolute atomic E-state index is 0.226. The summed E-state index contributed by atoms with van der Waals surface area (Å²) in [6.07, 6.45) is 1.50. The molecule has 0 amide bonds. The molecule has 0 saturated heterocycles. The molecule has 0 atom stereocenters. The van der Waals surface area contributed by atoms with E-state index in [9.17, 15) is 8.42 Å². The molecular formula is C11H13NO4S. The van der Waals surface area contributed by atoms with Crippen molar-refractivity contribution >= 4 is 15.7 Å². The molecule has 1 aliphatic heterocycles. The van der Waals surface area contributed by atoms with Crippen molar-refractivity contribution in [2.24, 2.45) is 0 Å². The minimum Gasteiger partial charge on any atom is -0.486 e. The first-order chi connectivity index (χ1) is 8.15. The zero-order valence-electron chi connectivity index (χ0n) is 9.18. The Kier molecular flexibility index (Phi) is 2.39. The smallest absolute Gasteiger partial charge is 0.235 e. The number of fused-ring (bicyclic) bond motifs is 1. The molecule has 6 heteroatoms. The third kappa shape index (κ3) is 2.17. The standard InChI is InChI=1S/C11H13NO4S/c13-17(14,9-2-3-9)12-8-1-4-10-11(7-8)16-6-5-15-10/h1,4,7,9,12H,2-3,5-6H2. The van der Waals surface area contributed by atoms with Crippen LogP contribution in [-0.4, -0.2) is 26.9 Å². The fraction of sp³-hybridized carbons (Fsp3) is 0.455. The average Bonchev–Trinajstić information content (AvgIpc) is 3.12.